The van der Waals surface area contributed by atoms with Crippen LogP contribution in [0.2, 0.25) is 0 Å². The van der Waals surface area contributed by atoms with Crippen LogP contribution >= 0.6 is 0 Å². The van der Waals surface area contributed by atoms with E-state index < -0.39 is 11.9 Å². The van der Waals surface area contributed by atoms with Crippen LogP contribution in [0.5, 0.6) is 11.5 Å². The average molecular weight is 382 g/mol. The van der Waals surface area contributed by atoms with Gasteiger partial charge in [-0.15, -0.1) is 0 Å². The van der Waals surface area contributed by atoms with Gasteiger partial charge < -0.3 is 14.4 Å². The summed E-state index contributed by atoms with van der Waals surface area (Å²) < 4.78 is 49.0. The number of rotatable bonds is 5. The second-order valence-electron chi connectivity index (χ2n) is 6.19. The molecule has 6 nitrogen and oxygen atoms in total. The predicted molar refractivity (Wildman–Crippen MR) is 94.1 cm³/mol. The molecule has 0 N–H and O–H groups in total. The van der Waals surface area contributed by atoms with E-state index in [0.29, 0.717) is 37.7 Å². The lowest BCUT2D eigenvalue weighted by molar-refractivity contribution is -0.141. The van der Waals surface area contributed by atoms with Gasteiger partial charge in [0, 0.05) is 38.9 Å². The molecule has 0 unspecified atom stereocenters. The minimum absolute atomic E-state index is 0.121. The van der Waals surface area contributed by atoms with Crippen LogP contribution < -0.4 is 14.4 Å². The predicted octanol–water partition coefficient (Wildman–Crippen LogP) is 2.83. The normalized spacial score (nSPS) is 15.7. The summed E-state index contributed by atoms with van der Waals surface area (Å²) in [5.41, 5.74) is 0.164. The van der Waals surface area contributed by atoms with Crippen LogP contribution in [-0.4, -0.2) is 55.3 Å². The Morgan fingerprint density at radius 1 is 1.00 bits per heavy atom. The zero-order valence-electron chi connectivity index (χ0n) is 15.2. The lowest BCUT2D eigenvalue weighted by atomic mass is 10.1. The highest BCUT2D eigenvalue weighted by Gasteiger charge is 2.33. The summed E-state index contributed by atoms with van der Waals surface area (Å²) in [6.45, 7) is 3.25. The first kappa shape index (κ1) is 19.2. The molecule has 0 bridgehead atoms. The maximum absolute atomic E-state index is 12.8. The third-order valence-corrected chi connectivity index (χ3v) is 4.44. The Balaban J connectivity index is 1.61. The molecule has 2 aromatic rings. The molecule has 1 aliphatic heterocycles. The Hall–Kier alpha value is -2.55. The van der Waals surface area contributed by atoms with Crippen molar-refractivity contribution in [2.45, 2.75) is 12.7 Å². The molecule has 0 spiro atoms. The highest BCUT2D eigenvalue weighted by atomic mass is 19.4. The molecule has 0 radical (unpaired) electrons. The molecule has 1 aliphatic rings. The molecular formula is C18H21F3N4O2. The van der Waals surface area contributed by atoms with E-state index in [9.17, 15) is 13.2 Å². The van der Waals surface area contributed by atoms with Crippen molar-refractivity contribution < 1.29 is 22.6 Å². The van der Waals surface area contributed by atoms with Crippen molar-refractivity contribution in [3.63, 3.8) is 0 Å². The van der Waals surface area contributed by atoms with Crippen molar-refractivity contribution in [3.05, 3.63) is 41.7 Å². The SMILES string of the molecule is COc1ccc(CN2CCN(c3nccc(C(F)(F)F)n3)CC2)cc1OC. The second-order valence-corrected chi connectivity index (χ2v) is 6.19. The summed E-state index contributed by atoms with van der Waals surface area (Å²) in [7, 11) is 3.18. The summed E-state index contributed by atoms with van der Waals surface area (Å²) in [6, 6.07) is 6.66. The van der Waals surface area contributed by atoms with E-state index in [2.05, 4.69) is 14.9 Å². The zero-order chi connectivity index (χ0) is 19.4. The fraction of sp³-hybridized carbons (Fsp3) is 0.444. The van der Waals surface area contributed by atoms with Crippen molar-refractivity contribution in [2.24, 2.45) is 0 Å². The standard InChI is InChI=1S/C18H21F3N4O2/c1-26-14-4-3-13(11-15(14)27-2)12-24-7-9-25(10-8-24)17-22-6-5-16(23-17)18(19,20)21/h3-6,11H,7-10,12H2,1-2H3. The number of piperazine rings is 1. The van der Waals surface area contributed by atoms with E-state index in [-0.39, 0.29) is 5.95 Å². The minimum Gasteiger partial charge on any atom is -0.493 e. The number of aromatic nitrogens is 2. The van der Waals surface area contributed by atoms with Gasteiger partial charge in [0.2, 0.25) is 5.95 Å². The van der Waals surface area contributed by atoms with E-state index in [1.165, 1.54) is 0 Å². The van der Waals surface area contributed by atoms with Gasteiger partial charge in [-0.25, -0.2) is 9.97 Å². The number of benzene rings is 1. The molecule has 3 rings (SSSR count). The number of anilines is 1. The number of hydrogen-bond donors (Lipinski definition) is 0. The Kier molecular flexibility index (Phi) is 5.69. The molecule has 9 heteroatoms. The van der Waals surface area contributed by atoms with Crippen LogP contribution in [0.15, 0.2) is 30.5 Å². The summed E-state index contributed by atoms with van der Waals surface area (Å²) >= 11 is 0. The first-order valence-electron chi connectivity index (χ1n) is 8.49. The number of methoxy groups -OCH3 is 2. The monoisotopic (exact) mass is 382 g/mol. The van der Waals surface area contributed by atoms with E-state index in [1.807, 2.05) is 18.2 Å². The van der Waals surface area contributed by atoms with Crippen LogP contribution in [0.4, 0.5) is 19.1 Å². The molecule has 0 atom stereocenters. The topological polar surface area (TPSA) is 50.7 Å². The lowest BCUT2D eigenvalue weighted by Crippen LogP contribution is -2.46. The molecule has 1 aromatic heterocycles. The Morgan fingerprint density at radius 3 is 2.33 bits per heavy atom. The second kappa shape index (κ2) is 7.99. The number of hydrogen-bond acceptors (Lipinski definition) is 6. The van der Waals surface area contributed by atoms with Crippen molar-refractivity contribution in [3.8, 4) is 11.5 Å². The van der Waals surface area contributed by atoms with Gasteiger partial charge in [-0.2, -0.15) is 13.2 Å². The molecular weight excluding hydrogens is 361 g/mol. The molecule has 2 heterocycles. The third kappa shape index (κ3) is 4.60. The van der Waals surface area contributed by atoms with E-state index in [0.717, 1.165) is 24.4 Å². The van der Waals surface area contributed by atoms with Gasteiger partial charge >= 0.3 is 6.18 Å². The fourth-order valence-electron chi connectivity index (χ4n) is 3.00. The van der Waals surface area contributed by atoms with Gasteiger partial charge in [0.1, 0.15) is 5.69 Å². The van der Waals surface area contributed by atoms with Gasteiger partial charge in [-0.05, 0) is 23.8 Å². The van der Waals surface area contributed by atoms with Gasteiger partial charge in [0.05, 0.1) is 14.2 Å². The van der Waals surface area contributed by atoms with Gasteiger partial charge in [0.15, 0.2) is 11.5 Å². The Morgan fingerprint density at radius 2 is 1.70 bits per heavy atom. The minimum atomic E-state index is -4.47. The zero-order valence-corrected chi connectivity index (χ0v) is 15.2. The summed E-state index contributed by atoms with van der Waals surface area (Å²) in [4.78, 5) is 11.7. The van der Waals surface area contributed by atoms with Crippen LogP contribution in [0.3, 0.4) is 0 Å². The Labute approximate surface area is 155 Å². The highest BCUT2D eigenvalue weighted by molar-refractivity contribution is 5.43. The summed E-state index contributed by atoms with van der Waals surface area (Å²) in [5, 5.41) is 0. The van der Waals surface area contributed by atoms with Crippen LogP contribution in [0.25, 0.3) is 0 Å². The number of halogens is 3. The molecule has 0 saturated carbocycles. The average Bonchev–Trinajstić information content (AvgIpc) is 2.68. The van der Waals surface area contributed by atoms with E-state index in [4.69, 9.17) is 9.47 Å². The fourth-order valence-corrected chi connectivity index (χ4v) is 3.00. The van der Waals surface area contributed by atoms with Gasteiger partial charge in [-0.3, -0.25) is 4.90 Å². The van der Waals surface area contributed by atoms with E-state index in [1.54, 1.807) is 19.1 Å². The lowest BCUT2D eigenvalue weighted by Gasteiger charge is -2.34. The number of alkyl halides is 3. The summed E-state index contributed by atoms with van der Waals surface area (Å²) in [6.07, 6.45) is -3.31. The quantitative estimate of drug-likeness (QED) is 0.793. The number of nitrogens with zero attached hydrogens (tertiary/aromatic N) is 4. The maximum atomic E-state index is 12.8. The van der Waals surface area contributed by atoms with Crippen LogP contribution in [0.1, 0.15) is 11.3 Å². The van der Waals surface area contributed by atoms with Gasteiger partial charge in [-0.1, -0.05) is 6.07 Å². The Bertz CT molecular complexity index is 777. The van der Waals surface area contributed by atoms with Gasteiger partial charge in [0.25, 0.3) is 0 Å². The maximum Gasteiger partial charge on any atom is 0.433 e. The van der Waals surface area contributed by atoms with Crippen molar-refractivity contribution >= 4 is 5.95 Å². The first-order valence-corrected chi connectivity index (χ1v) is 8.49. The summed E-state index contributed by atoms with van der Waals surface area (Å²) in [5.74, 6) is 1.47. The molecule has 146 valence electrons. The molecule has 1 fully saturated rings. The van der Waals surface area contributed by atoms with Crippen LogP contribution in [-0.2, 0) is 12.7 Å². The molecule has 27 heavy (non-hydrogen) atoms. The third-order valence-electron chi connectivity index (χ3n) is 4.44. The molecule has 0 aliphatic carbocycles. The van der Waals surface area contributed by atoms with Crippen molar-refractivity contribution in [1.29, 1.82) is 0 Å². The molecule has 0 amide bonds. The number of ether oxygens (including phenoxy) is 2. The molecule has 1 saturated heterocycles. The first-order chi connectivity index (χ1) is 12.9. The van der Waals surface area contributed by atoms with Crippen LogP contribution in [0, 0.1) is 0 Å². The largest absolute Gasteiger partial charge is 0.493 e. The highest BCUT2D eigenvalue weighted by Crippen LogP contribution is 2.29. The van der Waals surface area contributed by atoms with E-state index >= 15 is 0 Å². The smallest absolute Gasteiger partial charge is 0.433 e. The van der Waals surface area contributed by atoms with Crippen molar-refractivity contribution in [2.75, 3.05) is 45.3 Å². The van der Waals surface area contributed by atoms with Crippen molar-refractivity contribution in [1.82, 2.24) is 14.9 Å². The molecule has 1 aromatic carbocycles.